The number of fused-ring (bicyclic) bond motifs is 1. The molecule has 1 saturated heterocycles. The molecule has 0 bridgehead atoms. The molecule has 2 aliphatic heterocycles. The lowest BCUT2D eigenvalue weighted by molar-refractivity contribution is 0.281. The van der Waals surface area contributed by atoms with E-state index < -0.39 is 0 Å². The molecule has 1 fully saturated rings. The Labute approximate surface area is 123 Å². The lowest BCUT2D eigenvalue weighted by Gasteiger charge is -2.20. The lowest BCUT2D eigenvalue weighted by Crippen LogP contribution is -2.25. The molecule has 4 rings (SSSR count). The van der Waals surface area contributed by atoms with Gasteiger partial charge in [0.2, 0.25) is 0 Å². The van der Waals surface area contributed by atoms with Crippen LogP contribution in [0.25, 0.3) is 0 Å². The number of rotatable bonds is 2. The average Bonchev–Trinajstić information content (AvgIpc) is 3.16. The maximum Gasteiger partial charge on any atom is 0.123 e. The molecule has 2 aromatic rings. The van der Waals surface area contributed by atoms with Crippen LogP contribution in [-0.2, 0) is 0 Å². The van der Waals surface area contributed by atoms with Gasteiger partial charge in [-0.05, 0) is 37.1 Å². The minimum Gasteiger partial charge on any atom is -0.266 e. The van der Waals surface area contributed by atoms with Gasteiger partial charge in [0.25, 0.3) is 0 Å². The van der Waals surface area contributed by atoms with Crippen LogP contribution >= 0.6 is 0 Å². The summed E-state index contributed by atoms with van der Waals surface area (Å²) in [6, 6.07) is 17.8. The first-order valence-electron chi connectivity index (χ1n) is 7.27. The summed E-state index contributed by atoms with van der Waals surface area (Å²) in [5, 5.41) is 0. The van der Waals surface area contributed by atoms with E-state index in [0.29, 0.717) is 12.1 Å². The van der Waals surface area contributed by atoms with Crippen molar-refractivity contribution in [2.75, 3.05) is 0 Å². The maximum atomic E-state index is 13.1. The Hall–Kier alpha value is -2.00. The number of nitrogens with zero attached hydrogens (tertiary/aromatic N) is 2. The van der Waals surface area contributed by atoms with Gasteiger partial charge in [-0.1, -0.05) is 42.5 Å². The molecule has 1 unspecified atom stereocenters. The second-order valence-electron chi connectivity index (χ2n) is 6.21. The van der Waals surface area contributed by atoms with Gasteiger partial charge >= 0.3 is 0 Å². The van der Waals surface area contributed by atoms with Crippen molar-refractivity contribution in [3.8, 4) is 0 Å². The fourth-order valence-corrected chi connectivity index (χ4v) is 3.46. The predicted molar refractivity (Wildman–Crippen MR) is 81.8 cm³/mol. The van der Waals surface area contributed by atoms with E-state index in [2.05, 4.69) is 30.9 Å². The predicted octanol–water partition coefficient (Wildman–Crippen LogP) is 3.79. The monoisotopic (exact) mass is 280 g/mol. The van der Waals surface area contributed by atoms with E-state index >= 15 is 0 Å². The normalized spacial score (nSPS) is 28.9. The zero-order valence-electron chi connectivity index (χ0n) is 12.1. The van der Waals surface area contributed by atoms with Gasteiger partial charge in [-0.25, -0.2) is 4.39 Å². The first kappa shape index (κ1) is 12.7. The van der Waals surface area contributed by atoms with Gasteiger partial charge in [0.05, 0.1) is 17.8 Å². The summed E-state index contributed by atoms with van der Waals surface area (Å²) >= 11 is 0. The van der Waals surface area contributed by atoms with Crippen LogP contribution in [0.15, 0.2) is 59.6 Å². The highest BCUT2D eigenvalue weighted by atomic mass is 19.1. The first-order valence-corrected chi connectivity index (χ1v) is 7.27. The molecule has 2 aromatic carbocycles. The van der Waals surface area contributed by atoms with E-state index in [1.54, 1.807) is 0 Å². The number of aliphatic imine (C=N–C) groups is 1. The van der Waals surface area contributed by atoms with Crippen LogP contribution in [0, 0.1) is 5.82 Å². The Morgan fingerprint density at radius 2 is 1.62 bits per heavy atom. The van der Waals surface area contributed by atoms with Crippen molar-refractivity contribution >= 4 is 5.71 Å². The van der Waals surface area contributed by atoms with Crippen molar-refractivity contribution in [3.05, 3.63) is 71.5 Å². The molecule has 21 heavy (non-hydrogen) atoms. The second-order valence-corrected chi connectivity index (χ2v) is 6.21. The SMILES string of the molecule is CC1(C)N=C(c2ccccc2)[C@@H]2[C@@H](c3ccc(F)cc3)N21. The summed E-state index contributed by atoms with van der Waals surface area (Å²) < 4.78 is 13.1. The van der Waals surface area contributed by atoms with Gasteiger partial charge in [0, 0.05) is 0 Å². The van der Waals surface area contributed by atoms with Crippen molar-refractivity contribution in [2.45, 2.75) is 31.6 Å². The lowest BCUT2D eigenvalue weighted by atomic mass is 10.0. The molecule has 2 heterocycles. The molecule has 106 valence electrons. The zero-order chi connectivity index (χ0) is 14.6. The molecule has 3 atom stereocenters. The number of halogens is 1. The minimum atomic E-state index is -0.200. The van der Waals surface area contributed by atoms with Crippen molar-refractivity contribution in [2.24, 2.45) is 4.99 Å². The quantitative estimate of drug-likeness (QED) is 0.764. The van der Waals surface area contributed by atoms with Gasteiger partial charge in [0.1, 0.15) is 11.5 Å². The fourth-order valence-electron chi connectivity index (χ4n) is 3.46. The van der Waals surface area contributed by atoms with Crippen LogP contribution in [0.4, 0.5) is 4.39 Å². The average molecular weight is 280 g/mol. The standard InChI is InChI=1S/C18H17FN2/c1-18(2)20-15(12-6-4-3-5-7-12)17-16(21(17)18)13-8-10-14(19)11-9-13/h3-11,16-17H,1-2H3/t16-,17-,21?/m1/s1. The van der Waals surface area contributed by atoms with Crippen LogP contribution in [0.3, 0.4) is 0 Å². The van der Waals surface area contributed by atoms with Crippen molar-refractivity contribution in [1.29, 1.82) is 0 Å². The van der Waals surface area contributed by atoms with Crippen LogP contribution < -0.4 is 0 Å². The van der Waals surface area contributed by atoms with Gasteiger partial charge in [-0.15, -0.1) is 0 Å². The van der Waals surface area contributed by atoms with E-state index in [-0.39, 0.29) is 11.5 Å². The Morgan fingerprint density at radius 1 is 0.952 bits per heavy atom. The van der Waals surface area contributed by atoms with Gasteiger partial charge in [0.15, 0.2) is 0 Å². The molecule has 0 aliphatic carbocycles. The molecule has 3 heteroatoms. The largest absolute Gasteiger partial charge is 0.266 e. The van der Waals surface area contributed by atoms with E-state index in [1.807, 2.05) is 30.3 Å². The molecule has 0 amide bonds. The summed E-state index contributed by atoms with van der Waals surface area (Å²) in [6.07, 6.45) is 0. The second kappa shape index (κ2) is 4.25. The zero-order valence-corrected chi connectivity index (χ0v) is 12.1. The summed E-state index contributed by atoms with van der Waals surface area (Å²) in [7, 11) is 0. The third kappa shape index (κ3) is 1.92. The highest BCUT2D eigenvalue weighted by molar-refractivity contribution is 6.08. The number of benzene rings is 2. The fraction of sp³-hybridized carbons (Fsp3) is 0.278. The van der Waals surface area contributed by atoms with Crippen LogP contribution in [0.2, 0.25) is 0 Å². The Bertz CT molecular complexity index is 704. The third-order valence-electron chi connectivity index (χ3n) is 4.40. The molecule has 2 aliphatic rings. The molecule has 0 spiro atoms. The van der Waals surface area contributed by atoms with Crippen molar-refractivity contribution in [1.82, 2.24) is 4.90 Å². The molecule has 0 aromatic heterocycles. The summed E-state index contributed by atoms with van der Waals surface area (Å²) in [5.74, 6) is -0.184. The summed E-state index contributed by atoms with van der Waals surface area (Å²) in [4.78, 5) is 7.27. The number of hydrogen-bond donors (Lipinski definition) is 0. The van der Waals surface area contributed by atoms with E-state index in [1.165, 1.54) is 17.7 Å². The molecule has 0 saturated carbocycles. The van der Waals surface area contributed by atoms with E-state index in [9.17, 15) is 4.39 Å². The first-order chi connectivity index (χ1) is 10.1. The van der Waals surface area contributed by atoms with Gasteiger partial charge in [-0.3, -0.25) is 9.89 Å². The van der Waals surface area contributed by atoms with E-state index in [0.717, 1.165) is 11.3 Å². The van der Waals surface area contributed by atoms with Crippen LogP contribution in [0.5, 0.6) is 0 Å². The topological polar surface area (TPSA) is 15.4 Å². The Balaban J connectivity index is 1.71. The smallest absolute Gasteiger partial charge is 0.123 e. The summed E-state index contributed by atoms with van der Waals surface area (Å²) in [5.41, 5.74) is 3.30. The molecular weight excluding hydrogens is 263 g/mol. The number of hydrogen-bond acceptors (Lipinski definition) is 2. The minimum absolute atomic E-state index is 0.184. The van der Waals surface area contributed by atoms with Gasteiger partial charge in [-0.2, -0.15) is 0 Å². The van der Waals surface area contributed by atoms with Crippen LogP contribution in [0.1, 0.15) is 31.0 Å². The van der Waals surface area contributed by atoms with Crippen LogP contribution in [-0.4, -0.2) is 22.3 Å². The van der Waals surface area contributed by atoms with E-state index in [4.69, 9.17) is 4.99 Å². The van der Waals surface area contributed by atoms with Crippen molar-refractivity contribution < 1.29 is 4.39 Å². The van der Waals surface area contributed by atoms with Crippen molar-refractivity contribution in [3.63, 3.8) is 0 Å². The molecule has 2 nitrogen and oxygen atoms in total. The Kier molecular flexibility index (Phi) is 2.57. The maximum absolute atomic E-state index is 13.1. The molecular formula is C18H17FN2. The highest BCUT2D eigenvalue weighted by Gasteiger charge is 2.62. The summed E-state index contributed by atoms with van der Waals surface area (Å²) in [6.45, 7) is 4.28. The molecule has 0 radical (unpaired) electrons. The molecule has 0 N–H and O–H groups in total. The third-order valence-corrected chi connectivity index (χ3v) is 4.40. The Morgan fingerprint density at radius 3 is 2.29 bits per heavy atom. The highest BCUT2D eigenvalue weighted by Crippen LogP contribution is 2.54. The van der Waals surface area contributed by atoms with Gasteiger partial charge < -0.3 is 0 Å².